The van der Waals surface area contributed by atoms with Crippen LogP contribution >= 0.6 is 0 Å². The molecule has 29 heavy (non-hydrogen) atoms. The van der Waals surface area contributed by atoms with Gasteiger partial charge in [0.05, 0.1) is 18.5 Å². The number of phenolic OH excluding ortho intramolecular Hbond substituents is 1. The molecule has 0 saturated carbocycles. The first-order chi connectivity index (χ1) is 14.0. The first-order valence-corrected chi connectivity index (χ1v) is 8.61. The number of hydrogen-bond acceptors (Lipinski definition) is 10. The third-order valence-electron chi connectivity index (χ3n) is 4.02. The van der Waals surface area contributed by atoms with Crippen LogP contribution in [0.4, 0.5) is 5.82 Å². The van der Waals surface area contributed by atoms with Crippen molar-refractivity contribution in [1.29, 1.82) is 0 Å². The van der Waals surface area contributed by atoms with Crippen molar-refractivity contribution in [3.8, 4) is 17.3 Å². The zero-order valence-electron chi connectivity index (χ0n) is 15.8. The summed E-state index contributed by atoms with van der Waals surface area (Å²) in [5.74, 6) is -0.0542. The van der Waals surface area contributed by atoms with Gasteiger partial charge in [0.15, 0.2) is 17.2 Å². The Kier molecular flexibility index (Phi) is 5.62. The Morgan fingerprint density at radius 1 is 1.38 bits per heavy atom. The lowest BCUT2D eigenvalue weighted by molar-refractivity contribution is 0.0936. The van der Waals surface area contributed by atoms with Gasteiger partial charge in [-0.25, -0.2) is 4.63 Å². The minimum Gasteiger partial charge on any atom is -0.504 e. The van der Waals surface area contributed by atoms with Crippen LogP contribution in [0.2, 0.25) is 0 Å². The molecule has 152 valence electrons. The van der Waals surface area contributed by atoms with Crippen LogP contribution < -0.4 is 21.3 Å². The van der Waals surface area contributed by atoms with Gasteiger partial charge >= 0.3 is 0 Å². The lowest BCUT2D eigenvalue weighted by atomic mass is 10.1. The van der Waals surface area contributed by atoms with Crippen LogP contribution in [-0.4, -0.2) is 43.4 Å². The normalized spacial score (nSPS) is 10.6. The summed E-state index contributed by atoms with van der Waals surface area (Å²) in [6.07, 6.45) is 1.23. The highest BCUT2D eigenvalue weighted by Crippen LogP contribution is 2.28. The molecule has 0 atom stereocenters. The molecule has 2 aromatic heterocycles. The van der Waals surface area contributed by atoms with Crippen LogP contribution in [0.3, 0.4) is 0 Å². The molecule has 3 aromatic rings. The highest BCUT2D eigenvalue weighted by atomic mass is 16.6. The zero-order chi connectivity index (χ0) is 21.0. The van der Waals surface area contributed by atoms with E-state index in [0.717, 1.165) is 6.42 Å². The number of rotatable bonds is 8. The minimum atomic E-state index is -0.526. The number of anilines is 1. The zero-order valence-corrected chi connectivity index (χ0v) is 15.8. The Bertz CT molecular complexity index is 1040. The van der Waals surface area contributed by atoms with E-state index >= 15 is 0 Å². The van der Waals surface area contributed by atoms with Crippen LogP contribution in [-0.2, 0) is 6.42 Å². The van der Waals surface area contributed by atoms with Gasteiger partial charge in [-0.15, -0.1) is 5.10 Å². The number of aromatic nitrogens is 5. The summed E-state index contributed by atoms with van der Waals surface area (Å²) in [6, 6.07) is 4.67. The number of nitrogen functional groups attached to an aromatic ring is 1. The number of nitrogens with zero attached hydrogens (tertiary/aromatic N) is 5. The number of carbonyl (C=O) groups excluding carboxylic acids is 1. The molecular formula is C17H20N8O4. The first kappa shape index (κ1) is 19.7. The third-order valence-corrected chi connectivity index (χ3v) is 4.02. The molecule has 5 N–H and O–H groups in total. The smallest absolute Gasteiger partial charge is 0.292 e. The highest BCUT2D eigenvalue weighted by molar-refractivity contribution is 5.93. The van der Waals surface area contributed by atoms with Crippen molar-refractivity contribution < 1.29 is 19.3 Å². The molecule has 1 aromatic carbocycles. The number of amides is 1. The summed E-state index contributed by atoms with van der Waals surface area (Å²) >= 11 is 0. The van der Waals surface area contributed by atoms with Crippen LogP contribution in [0.1, 0.15) is 35.1 Å². The van der Waals surface area contributed by atoms with Crippen molar-refractivity contribution in [3.63, 3.8) is 0 Å². The Hall–Kier alpha value is -4.09. The molecule has 12 nitrogen and oxygen atoms in total. The van der Waals surface area contributed by atoms with Gasteiger partial charge in [0, 0.05) is 5.56 Å². The van der Waals surface area contributed by atoms with E-state index in [1.807, 2.05) is 6.92 Å². The molecule has 0 radical (unpaired) electrons. The van der Waals surface area contributed by atoms with E-state index in [1.54, 1.807) is 12.1 Å². The van der Waals surface area contributed by atoms with E-state index in [1.165, 1.54) is 17.9 Å². The lowest BCUT2D eigenvalue weighted by Gasteiger charge is -2.12. The third kappa shape index (κ3) is 3.95. The number of nitrogens with one attached hydrogen (secondary N) is 2. The van der Waals surface area contributed by atoms with Crippen molar-refractivity contribution in [1.82, 2.24) is 36.2 Å². The van der Waals surface area contributed by atoms with E-state index < -0.39 is 5.91 Å². The number of benzene rings is 1. The molecule has 0 bridgehead atoms. The number of ether oxygens (including phenoxy) is 1. The van der Waals surface area contributed by atoms with Crippen molar-refractivity contribution in [2.24, 2.45) is 0 Å². The lowest BCUT2D eigenvalue weighted by Crippen LogP contribution is -2.36. The maximum atomic E-state index is 12.6. The molecule has 0 aliphatic rings. The predicted molar refractivity (Wildman–Crippen MR) is 102 cm³/mol. The molecule has 0 saturated heterocycles. The van der Waals surface area contributed by atoms with Gasteiger partial charge in [-0.05, 0) is 34.9 Å². The molecule has 0 spiro atoms. The molecule has 0 fully saturated rings. The van der Waals surface area contributed by atoms with Gasteiger partial charge in [0.1, 0.15) is 0 Å². The molecule has 3 rings (SSSR count). The number of phenols is 1. The maximum absolute atomic E-state index is 12.6. The van der Waals surface area contributed by atoms with Crippen LogP contribution in [0.5, 0.6) is 11.5 Å². The second-order valence-corrected chi connectivity index (χ2v) is 5.96. The van der Waals surface area contributed by atoms with Gasteiger partial charge in [0.25, 0.3) is 5.91 Å². The number of nitrogens with two attached hydrogens (primary N) is 1. The fourth-order valence-electron chi connectivity index (χ4n) is 2.58. The summed E-state index contributed by atoms with van der Waals surface area (Å²) < 4.78 is 11.0. The number of hydrazine groups is 1. The molecule has 0 unspecified atom stereocenters. The van der Waals surface area contributed by atoms with Crippen molar-refractivity contribution in [2.75, 3.05) is 12.8 Å². The number of carbonyl (C=O) groups is 1. The van der Waals surface area contributed by atoms with Gasteiger partial charge in [0.2, 0.25) is 11.6 Å². The SMILES string of the molecule is C=C(NNC(=O)c1nnn(-c2nonc2N)c1CCC)c1ccc(O)c(OC)c1. The average Bonchev–Trinajstić information content (AvgIpc) is 3.32. The second kappa shape index (κ2) is 8.29. The summed E-state index contributed by atoms with van der Waals surface area (Å²) in [4.78, 5) is 12.6. The van der Waals surface area contributed by atoms with E-state index in [4.69, 9.17) is 10.5 Å². The Labute approximate surface area is 165 Å². The molecule has 0 aliphatic carbocycles. The number of methoxy groups -OCH3 is 1. The second-order valence-electron chi connectivity index (χ2n) is 5.96. The minimum absolute atomic E-state index is 0.00414. The largest absolute Gasteiger partial charge is 0.504 e. The predicted octanol–water partition coefficient (Wildman–Crippen LogP) is 0.804. The summed E-state index contributed by atoms with van der Waals surface area (Å²) in [6.45, 7) is 5.81. The Morgan fingerprint density at radius 3 is 2.83 bits per heavy atom. The molecule has 12 heteroatoms. The Morgan fingerprint density at radius 2 is 2.17 bits per heavy atom. The van der Waals surface area contributed by atoms with Crippen molar-refractivity contribution >= 4 is 17.4 Å². The van der Waals surface area contributed by atoms with Gasteiger partial charge in [-0.2, -0.15) is 4.68 Å². The van der Waals surface area contributed by atoms with Crippen molar-refractivity contribution in [3.05, 3.63) is 41.7 Å². The maximum Gasteiger partial charge on any atom is 0.292 e. The first-order valence-electron chi connectivity index (χ1n) is 8.61. The fraction of sp³-hybridized carbons (Fsp3) is 0.235. The van der Waals surface area contributed by atoms with Gasteiger partial charge in [-0.1, -0.05) is 25.1 Å². The monoisotopic (exact) mass is 400 g/mol. The molecular weight excluding hydrogens is 380 g/mol. The van der Waals surface area contributed by atoms with Gasteiger partial charge in [-0.3, -0.25) is 15.6 Å². The topological polar surface area (TPSA) is 166 Å². The quantitative estimate of drug-likeness (QED) is 0.397. The van der Waals surface area contributed by atoms with E-state index in [2.05, 4.69) is 42.7 Å². The number of hydrogen-bond donors (Lipinski definition) is 4. The molecule has 2 heterocycles. The van der Waals surface area contributed by atoms with Crippen LogP contribution in [0.15, 0.2) is 29.4 Å². The highest BCUT2D eigenvalue weighted by Gasteiger charge is 2.23. The van der Waals surface area contributed by atoms with Gasteiger partial charge < -0.3 is 15.6 Å². The van der Waals surface area contributed by atoms with E-state index in [9.17, 15) is 9.90 Å². The summed E-state index contributed by atoms with van der Waals surface area (Å²) in [7, 11) is 1.44. The number of aromatic hydroxyl groups is 1. The summed E-state index contributed by atoms with van der Waals surface area (Å²) in [5.41, 5.74) is 12.5. The van der Waals surface area contributed by atoms with Crippen LogP contribution in [0, 0.1) is 0 Å². The van der Waals surface area contributed by atoms with Crippen molar-refractivity contribution in [2.45, 2.75) is 19.8 Å². The van der Waals surface area contributed by atoms with Crippen LogP contribution in [0.25, 0.3) is 11.5 Å². The molecule has 0 aliphatic heterocycles. The standard InChI is InChI=1S/C17H20N8O4/c1-4-5-11-14(20-24-25(11)16-15(18)22-29-23-16)17(27)21-19-9(2)10-6-7-12(26)13(8-10)28-3/h6-8,19,26H,2,4-5H2,1,3H3,(H2,18,22)(H,21,27). The van der Waals surface area contributed by atoms with E-state index in [-0.39, 0.29) is 28.8 Å². The Balaban J connectivity index is 1.76. The fourth-order valence-corrected chi connectivity index (χ4v) is 2.58. The van der Waals surface area contributed by atoms with E-state index in [0.29, 0.717) is 23.4 Å². The average molecular weight is 400 g/mol. The molecule has 1 amide bonds. The summed E-state index contributed by atoms with van der Waals surface area (Å²) in [5, 5.41) is 24.8.